The van der Waals surface area contributed by atoms with Crippen molar-refractivity contribution in [3.05, 3.63) is 63.2 Å². The number of nitrogens with zero attached hydrogens (tertiary/aromatic N) is 2. The van der Waals surface area contributed by atoms with Crippen molar-refractivity contribution in [2.24, 2.45) is 0 Å². The number of carbonyl (C=O) groups excluding carboxylic acids is 1. The highest BCUT2D eigenvalue weighted by molar-refractivity contribution is 7.89. The van der Waals surface area contributed by atoms with E-state index in [9.17, 15) is 17.6 Å². The van der Waals surface area contributed by atoms with Gasteiger partial charge in [-0.1, -0.05) is 13.8 Å². The molecule has 33 heavy (non-hydrogen) atoms. The van der Waals surface area contributed by atoms with E-state index in [2.05, 4.69) is 10.3 Å². The second-order valence-electron chi connectivity index (χ2n) is 7.74. The highest BCUT2D eigenvalue weighted by Gasteiger charge is 2.24. The summed E-state index contributed by atoms with van der Waals surface area (Å²) in [7, 11) is -3.66. The van der Waals surface area contributed by atoms with Gasteiger partial charge in [0.2, 0.25) is 15.9 Å². The van der Waals surface area contributed by atoms with Crippen LogP contribution in [0.4, 0.5) is 10.1 Å². The molecule has 1 heterocycles. The first-order valence-electron chi connectivity index (χ1n) is 10.7. The minimum absolute atomic E-state index is 0.0731. The van der Waals surface area contributed by atoms with Crippen molar-refractivity contribution >= 4 is 33.0 Å². The number of hydrogen-bond acceptors (Lipinski definition) is 5. The molecule has 0 unspecified atom stereocenters. The molecule has 0 fully saturated rings. The standard InChI is InChI=1S/C24H28FN3O3S2/c1-6-28(7-2)33(30,31)20-12-15(3)16(4)21(13-20)27-23(29)14-22-24(26-17(5)32-22)18-8-10-19(25)11-9-18/h8-13H,6-7,14H2,1-5H3,(H,27,29). The van der Waals surface area contributed by atoms with Crippen molar-refractivity contribution in [3.63, 3.8) is 0 Å². The molecule has 1 aromatic heterocycles. The lowest BCUT2D eigenvalue weighted by Gasteiger charge is -2.20. The lowest BCUT2D eigenvalue weighted by Crippen LogP contribution is -2.30. The van der Waals surface area contributed by atoms with Crippen molar-refractivity contribution in [1.29, 1.82) is 0 Å². The van der Waals surface area contributed by atoms with Crippen LogP contribution in [0.2, 0.25) is 0 Å². The Morgan fingerprint density at radius 1 is 1.09 bits per heavy atom. The van der Waals surface area contributed by atoms with E-state index in [1.165, 1.54) is 33.8 Å². The van der Waals surface area contributed by atoms with Gasteiger partial charge in [-0.05, 0) is 68.3 Å². The normalized spacial score (nSPS) is 11.7. The van der Waals surface area contributed by atoms with Crippen LogP contribution in [-0.2, 0) is 21.2 Å². The van der Waals surface area contributed by atoms with E-state index in [-0.39, 0.29) is 23.0 Å². The van der Waals surface area contributed by atoms with Gasteiger partial charge in [-0.25, -0.2) is 17.8 Å². The van der Waals surface area contributed by atoms with Gasteiger partial charge in [0.25, 0.3) is 0 Å². The van der Waals surface area contributed by atoms with Crippen LogP contribution >= 0.6 is 11.3 Å². The Hall–Kier alpha value is -2.62. The van der Waals surface area contributed by atoms with Gasteiger partial charge in [0, 0.05) is 29.2 Å². The number of aryl methyl sites for hydroxylation is 2. The van der Waals surface area contributed by atoms with Crippen molar-refractivity contribution in [2.75, 3.05) is 18.4 Å². The number of sulfonamides is 1. The van der Waals surface area contributed by atoms with E-state index in [4.69, 9.17) is 0 Å². The number of thiazole rings is 1. The summed E-state index contributed by atoms with van der Waals surface area (Å²) in [4.78, 5) is 18.4. The van der Waals surface area contributed by atoms with E-state index in [0.29, 0.717) is 24.5 Å². The molecule has 0 aliphatic heterocycles. The maximum Gasteiger partial charge on any atom is 0.243 e. The Bertz CT molecular complexity index is 1260. The molecule has 0 radical (unpaired) electrons. The summed E-state index contributed by atoms with van der Waals surface area (Å²) in [5, 5.41) is 3.68. The first-order chi connectivity index (χ1) is 15.6. The third kappa shape index (κ3) is 5.48. The van der Waals surface area contributed by atoms with Gasteiger partial charge in [0.1, 0.15) is 5.82 Å². The molecule has 9 heteroatoms. The molecule has 3 rings (SSSR count). The summed E-state index contributed by atoms with van der Waals surface area (Å²) in [6, 6.07) is 9.16. The fourth-order valence-electron chi connectivity index (χ4n) is 3.58. The summed E-state index contributed by atoms with van der Waals surface area (Å²) in [6.07, 6.45) is 0.0731. The fraction of sp³-hybridized carbons (Fsp3) is 0.333. The molecule has 3 aromatic rings. The third-order valence-corrected chi connectivity index (χ3v) is 8.50. The molecule has 2 aromatic carbocycles. The third-order valence-electron chi connectivity index (χ3n) is 5.50. The molecule has 1 amide bonds. The molecule has 6 nitrogen and oxygen atoms in total. The maximum atomic E-state index is 13.3. The Morgan fingerprint density at radius 3 is 2.33 bits per heavy atom. The van der Waals surface area contributed by atoms with E-state index >= 15 is 0 Å². The van der Waals surface area contributed by atoms with Crippen LogP contribution in [0, 0.1) is 26.6 Å². The molecule has 0 saturated carbocycles. The van der Waals surface area contributed by atoms with Crippen molar-refractivity contribution in [1.82, 2.24) is 9.29 Å². The molecule has 0 aliphatic carbocycles. The van der Waals surface area contributed by atoms with Gasteiger partial charge < -0.3 is 5.32 Å². The van der Waals surface area contributed by atoms with Crippen molar-refractivity contribution in [2.45, 2.75) is 45.9 Å². The summed E-state index contributed by atoms with van der Waals surface area (Å²) in [6.45, 7) is 9.84. The predicted octanol–water partition coefficient (Wildman–Crippen LogP) is 5.09. The molecule has 0 saturated heterocycles. The number of benzene rings is 2. The minimum Gasteiger partial charge on any atom is -0.325 e. The Kier molecular flexibility index (Phi) is 7.66. The average Bonchev–Trinajstić information content (AvgIpc) is 3.12. The number of nitrogens with one attached hydrogen (secondary N) is 1. The van der Waals surface area contributed by atoms with Gasteiger partial charge in [-0.2, -0.15) is 4.31 Å². The number of carbonyl (C=O) groups is 1. The lowest BCUT2D eigenvalue weighted by atomic mass is 10.1. The number of aromatic nitrogens is 1. The van der Waals surface area contributed by atoms with E-state index in [0.717, 1.165) is 26.6 Å². The first-order valence-corrected chi connectivity index (χ1v) is 13.0. The molecular formula is C24H28FN3O3S2. The van der Waals surface area contributed by atoms with Crippen LogP contribution in [0.1, 0.15) is 34.9 Å². The topological polar surface area (TPSA) is 79.4 Å². The van der Waals surface area contributed by atoms with Crippen LogP contribution in [0.25, 0.3) is 11.3 Å². The first kappa shape index (κ1) is 25.0. The zero-order valence-corrected chi connectivity index (χ0v) is 21.0. The SMILES string of the molecule is CCN(CC)S(=O)(=O)c1cc(C)c(C)c(NC(=O)Cc2sc(C)nc2-c2ccc(F)cc2)c1. The number of anilines is 1. The summed E-state index contributed by atoms with van der Waals surface area (Å²) >= 11 is 1.41. The van der Waals surface area contributed by atoms with Crippen LogP contribution in [-0.4, -0.2) is 36.7 Å². The molecule has 0 atom stereocenters. The summed E-state index contributed by atoms with van der Waals surface area (Å²) in [5.74, 6) is -0.614. The molecule has 0 spiro atoms. The quantitative estimate of drug-likeness (QED) is 0.478. The van der Waals surface area contributed by atoms with E-state index in [1.807, 2.05) is 20.8 Å². The monoisotopic (exact) mass is 489 g/mol. The van der Waals surface area contributed by atoms with Crippen LogP contribution in [0.3, 0.4) is 0 Å². The number of amides is 1. The Balaban J connectivity index is 1.89. The largest absolute Gasteiger partial charge is 0.325 e. The smallest absolute Gasteiger partial charge is 0.243 e. The Labute approximate surface area is 198 Å². The second kappa shape index (κ2) is 10.1. The predicted molar refractivity (Wildman–Crippen MR) is 131 cm³/mol. The highest BCUT2D eigenvalue weighted by Crippen LogP contribution is 2.30. The molecule has 1 N–H and O–H groups in total. The highest BCUT2D eigenvalue weighted by atomic mass is 32.2. The van der Waals surface area contributed by atoms with Gasteiger partial charge in [-0.3, -0.25) is 4.79 Å². The zero-order valence-electron chi connectivity index (χ0n) is 19.4. The average molecular weight is 490 g/mol. The molecule has 0 aliphatic rings. The molecular weight excluding hydrogens is 461 g/mol. The summed E-state index contributed by atoms with van der Waals surface area (Å²) in [5.41, 5.74) is 3.44. The van der Waals surface area contributed by atoms with E-state index < -0.39 is 10.0 Å². The van der Waals surface area contributed by atoms with Crippen molar-refractivity contribution < 1.29 is 17.6 Å². The minimum atomic E-state index is -3.66. The number of rotatable bonds is 8. The van der Waals surface area contributed by atoms with Gasteiger partial charge in [-0.15, -0.1) is 11.3 Å². The van der Waals surface area contributed by atoms with Crippen molar-refractivity contribution in [3.8, 4) is 11.3 Å². The molecule has 0 bridgehead atoms. The maximum absolute atomic E-state index is 13.3. The van der Waals surface area contributed by atoms with Crippen LogP contribution in [0.5, 0.6) is 0 Å². The Morgan fingerprint density at radius 2 is 1.73 bits per heavy atom. The summed E-state index contributed by atoms with van der Waals surface area (Å²) < 4.78 is 40.7. The number of hydrogen-bond donors (Lipinski definition) is 1. The van der Waals surface area contributed by atoms with Gasteiger partial charge >= 0.3 is 0 Å². The van der Waals surface area contributed by atoms with E-state index in [1.54, 1.807) is 32.0 Å². The fourth-order valence-corrected chi connectivity index (χ4v) is 6.11. The lowest BCUT2D eigenvalue weighted by molar-refractivity contribution is -0.115. The zero-order chi connectivity index (χ0) is 24.3. The molecule has 176 valence electrons. The second-order valence-corrected chi connectivity index (χ2v) is 11.0. The number of halogens is 1. The van der Waals surface area contributed by atoms with Crippen LogP contribution in [0.15, 0.2) is 41.3 Å². The van der Waals surface area contributed by atoms with Gasteiger partial charge in [0.15, 0.2) is 0 Å². The van der Waals surface area contributed by atoms with Gasteiger partial charge in [0.05, 0.1) is 22.0 Å². The van der Waals surface area contributed by atoms with Crippen LogP contribution < -0.4 is 5.32 Å².